The van der Waals surface area contributed by atoms with Gasteiger partial charge in [0.05, 0.1) is 28.7 Å². The van der Waals surface area contributed by atoms with E-state index in [0.717, 1.165) is 5.56 Å². The highest BCUT2D eigenvalue weighted by Gasteiger charge is 2.17. The van der Waals surface area contributed by atoms with Crippen molar-refractivity contribution in [3.63, 3.8) is 0 Å². The van der Waals surface area contributed by atoms with Crippen molar-refractivity contribution in [1.82, 2.24) is 15.0 Å². The molecule has 2 heterocycles. The number of terminal acetylenes is 1. The van der Waals surface area contributed by atoms with Crippen LogP contribution >= 0.6 is 0 Å². The van der Waals surface area contributed by atoms with E-state index in [1.54, 1.807) is 18.2 Å². The maximum absolute atomic E-state index is 13.0. The summed E-state index contributed by atoms with van der Waals surface area (Å²) in [5, 5.41) is 12.5. The Morgan fingerprint density at radius 3 is 2.54 bits per heavy atom. The smallest absolute Gasteiger partial charge is 0.337 e. The number of ether oxygens (including phenoxy) is 1. The fourth-order valence-corrected chi connectivity index (χ4v) is 3.48. The second-order valence-electron chi connectivity index (χ2n) is 8.07. The van der Waals surface area contributed by atoms with E-state index >= 15 is 0 Å². The van der Waals surface area contributed by atoms with Crippen molar-refractivity contribution < 1.29 is 19.4 Å². The number of fused-ring (bicyclic) bond motifs is 1. The zero-order chi connectivity index (χ0) is 24.9. The molecule has 1 amide bonds. The van der Waals surface area contributed by atoms with E-state index in [1.165, 1.54) is 24.0 Å². The molecule has 0 radical (unpaired) electrons. The number of nitrogens with one attached hydrogen (secondary N) is 1. The van der Waals surface area contributed by atoms with Crippen LogP contribution in [-0.2, 0) is 0 Å². The van der Waals surface area contributed by atoms with Gasteiger partial charge in [-0.05, 0) is 35.7 Å². The van der Waals surface area contributed by atoms with Crippen LogP contribution in [-0.4, -0.2) is 38.5 Å². The van der Waals surface area contributed by atoms with E-state index in [4.69, 9.17) is 11.2 Å². The summed E-state index contributed by atoms with van der Waals surface area (Å²) in [6.45, 7) is 4.34. The molecular formula is C27H22N4O4. The summed E-state index contributed by atoms with van der Waals surface area (Å²) in [6.07, 6.45) is 7.86. The Kier molecular flexibility index (Phi) is 6.69. The molecule has 0 fully saturated rings. The van der Waals surface area contributed by atoms with E-state index in [2.05, 4.69) is 40.0 Å². The van der Waals surface area contributed by atoms with Crippen molar-refractivity contribution >= 4 is 28.5 Å². The number of rotatable bonds is 7. The number of amides is 1. The molecule has 0 saturated heterocycles. The second kappa shape index (κ2) is 10.0. The number of hydrogen-bond donors (Lipinski definition) is 2. The summed E-state index contributed by atoms with van der Waals surface area (Å²) >= 11 is 0. The molecule has 2 aromatic heterocycles. The maximum Gasteiger partial charge on any atom is 0.337 e. The van der Waals surface area contributed by atoms with Crippen LogP contribution in [0.2, 0.25) is 0 Å². The molecule has 0 unspecified atom stereocenters. The van der Waals surface area contributed by atoms with Gasteiger partial charge in [-0.15, -0.1) is 6.42 Å². The molecule has 0 aliphatic heterocycles. The molecule has 0 bridgehead atoms. The maximum atomic E-state index is 13.0. The first kappa shape index (κ1) is 23.4. The predicted molar refractivity (Wildman–Crippen MR) is 133 cm³/mol. The fourth-order valence-electron chi connectivity index (χ4n) is 3.48. The van der Waals surface area contributed by atoms with Crippen molar-refractivity contribution in [2.75, 3.05) is 11.9 Å². The Morgan fingerprint density at radius 2 is 1.86 bits per heavy atom. The molecule has 8 heteroatoms. The van der Waals surface area contributed by atoms with Crippen LogP contribution < -0.4 is 10.1 Å². The lowest BCUT2D eigenvalue weighted by Gasteiger charge is -2.12. The molecule has 174 valence electrons. The number of carbonyl (C=O) groups excluding carboxylic acids is 1. The number of benzene rings is 2. The number of aromatic carboxylic acids is 1. The number of hydrogen-bond acceptors (Lipinski definition) is 6. The summed E-state index contributed by atoms with van der Waals surface area (Å²) in [5.74, 6) is 1.56. The zero-order valence-electron chi connectivity index (χ0n) is 19.1. The number of carbonyl (C=O) groups is 2. The van der Waals surface area contributed by atoms with Crippen molar-refractivity contribution in [2.24, 2.45) is 0 Å². The average Bonchev–Trinajstić information content (AvgIpc) is 2.86. The minimum absolute atomic E-state index is 0.0485. The third-order valence-electron chi connectivity index (χ3n) is 5.29. The highest BCUT2D eigenvalue weighted by molar-refractivity contribution is 6.04. The van der Waals surface area contributed by atoms with Crippen LogP contribution in [0.25, 0.3) is 22.2 Å². The summed E-state index contributed by atoms with van der Waals surface area (Å²) in [7, 11) is 0. The molecule has 0 aliphatic carbocycles. The Labute approximate surface area is 202 Å². The van der Waals surface area contributed by atoms with Crippen molar-refractivity contribution in [2.45, 2.75) is 19.8 Å². The summed E-state index contributed by atoms with van der Waals surface area (Å²) in [4.78, 5) is 37.1. The first-order valence-electron chi connectivity index (χ1n) is 10.8. The largest absolute Gasteiger partial charge is 0.481 e. The standard InChI is InChI=1S/C27H22N4O4/c1-4-11-35-21-9-10-23-22(13-21)24(18-7-5-17(6-8-18)16(2)3)31-25(30-23)26(32)29-20-12-19(27(33)34)14-28-15-20/h1,5-10,12-16H,11H2,2-3H3,(H,29,32)(H,33,34). The molecule has 2 N–H and O–H groups in total. The molecule has 0 atom stereocenters. The minimum Gasteiger partial charge on any atom is -0.481 e. The molecular weight excluding hydrogens is 444 g/mol. The third-order valence-corrected chi connectivity index (χ3v) is 5.29. The molecule has 2 aromatic carbocycles. The number of aromatic nitrogens is 3. The topological polar surface area (TPSA) is 114 Å². The van der Waals surface area contributed by atoms with Gasteiger partial charge in [-0.3, -0.25) is 9.78 Å². The summed E-state index contributed by atoms with van der Waals surface area (Å²) in [5.41, 5.74) is 3.25. The Morgan fingerprint density at radius 1 is 1.09 bits per heavy atom. The quantitative estimate of drug-likeness (QED) is 0.377. The van der Waals surface area contributed by atoms with Crippen LogP contribution in [0.1, 0.15) is 46.3 Å². The van der Waals surface area contributed by atoms with Crippen molar-refractivity contribution in [1.29, 1.82) is 0 Å². The normalized spacial score (nSPS) is 10.7. The first-order chi connectivity index (χ1) is 16.9. The Balaban J connectivity index is 1.78. The number of anilines is 1. The van der Waals surface area contributed by atoms with Crippen LogP contribution in [0.5, 0.6) is 5.75 Å². The lowest BCUT2D eigenvalue weighted by Crippen LogP contribution is -2.17. The van der Waals surface area contributed by atoms with Gasteiger partial charge in [-0.1, -0.05) is 44.0 Å². The van der Waals surface area contributed by atoms with E-state index in [9.17, 15) is 14.7 Å². The predicted octanol–water partition coefficient (Wildman–Crippen LogP) is 4.78. The van der Waals surface area contributed by atoms with E-state index in [0.29, 0.717) is 28.3 Å². The van der Waals surface area contributed by atoms with Gasteiger partial charge in [-0.2, -0.15) is 0 Å². The highest BCUT2D eigenvalue weighted by atomic mass is 16.5. The van der Waals surface area contributed by atoms with E-state index in [1.807, 2.05) is 24.3 Å². The number of pyridine rings is 1. The summed E-state index contributed by atoms with van der Waals surface area (Å²) in [6, 6.07) is 14.5. The Hall–Kier alpha value is -4.77. The van der Waals surface area contributed by atoms with Crippen LogP contribution in [0, 0.1) is 12.3 Å². The van der Waals surface area contributed by atoms with Gasteiger partial charge < -0.3 is 15.2 Å². The minimum atomic E-state index is -1.15. The number of nitrogens with zero attached hydrogens (tertiary/aromatic N) is 3. The lowest BCUT2D eigenvalue weighted by molar-refractivity contribution is 0.0696. The van der Waals surface area contributed by atoms with Gasteiger partial charge in [0.25, 0.3) is 5.91 Å². The number of carboxylic acids is 1. The monoisotopic (exact) mass is 466 g/mol. The van der Waals surface area contributed by atoms with Gasteiger partial charge in [0.2, 0.25) is 5.82 Å². The fraction of sp³-hybridized carbons (Fsp3) is 0.148. The van der Waals surface area contributed by atoms with Crippen molar-refractivity contribution in [3.05, 3.63) is 77.9 Å². The molecule has 8 nitrogen and oxygen atoms in total. The van der Waals surface area contributed by atoms with Gasteiger partial charge >= 0.3 is 5.97 Å². The average molecular weight is 466 g/mol. The van der Waals surface area contributed by atoms with Crippen LogP contribution in [0.4, 0.5) is 5.69 Å². The van der Waals surface area contributed by atoms with Gasteiger partial charge in [0.1, 0.15) is 12.4 Å². The summed E-state index contributed by atoms with van der Waals surface area (Å²) < 4.78 is 5.57. The molecule has 0 saturated carbocycles. The lowest BCUT2D eigenvalue weighted by atomic mass is 9.99. The molecule has 4 rings (SSSR count). The zero-order valence-corrected chi connectivity index (χ0v) is 19.1. The molecule has 0 spiro atoms. The van der Waals surface area contributed by atoms with Gasteiger partial charge in [-0.25, -0.2) is 14.8 Å². The molecule has 0 aliphatic rings. The van der Waals surface area contributed by atoms with E-state index < -0.39 is 11.9 Å². The Bertz CT molecular complexity index is 1460. The molecule has 4 aromatic rings. The third kappa shape index (κ3) is 5.25. The van der Waals surface area contributed by atoms with Crippen molar-refractivity contribution in [3.8, 4) is 29.4 Å². The van der Waals surface area contributed by atoms with E-state index in [-0.39, 0.29) is 23.7 Å². The second-order valence-corrected chi connectivity index (χ2v) is 8.07. The van der Waals surface area contributed by atoms with Crippen LogP contribution in [0.15, 0.2) is 60.9 Å². The first-order valence-corrected chi connectivity index (χ1v) is 10.8. The van der Waals surface area contributed by atoms with Gasteiger partial charge in [0, 0.05) is 17.1 Å². The molecule has 35 heavy (non-hydrogen) atoms. The van der Waals surface area contributed by atoms with Crippen LogP contribution in [0.3, 0.4) is 0 Å². The SMILES string of the molecule is C#CCOc1ccc2nc(C(=O)Nc3cncc(C(=O)O)c3)nc(-c3ccc(C(C)C)cc3)c2c1. The van der Waals surface area contributed by atoms with Gasteiger partial charge in [0.15, 0.2) is 0 Å². The highest BCUT2D eigenvalue weighted by Crippen LogP contribution is 2.30. The number of carboxylic acid groups (broad SMARTS) is 1.